The van der Waals surface area contributed by atoms with Crippen molar-refractivity contribution in [3.8, 4) is 0 Å². The molecule has 1 heteroatoms. The first kappa shape index (κ1) is 14.2. The van der Waals surface area contributed by atoms with Crippen molar-refractivity contribution in [3.63, 3.8) is 0 Å². The fourth-order valence-corrected chi connectivity index (χ4v) is 1.77. The van der Waals surface area contributed by atoms with Crippen molar-refractivity contribution in [2.75, 3.05) is 0 Å². The van der Waals surface area contributed by atoms with E-state index in [-0.39, 0.29) is 0 Å². The van der Waals surface area contributed by atoms with Crippen LogP contribution in [0.4, 0.5) is 0 Å². The monoisotopic (exact) mass is 207 g/mol. The molecule has 1 atom stereocenters. The summed E-state index contributed by atoms with van der Waals surface area (Å²) in [4.78, 5) is 4.48. The van der Waals surface area contributed by atoms with Crippen LogP contribution in [0.15, 0.2) is 28.4 Å². The van der Waals surface area contributed by atoms with Gasteiger partial charge in [-0.25, -0.2) is 0 Å². The number of aliphatic imine (C=N–C) groups is 1. The Morgan fingerprint density at radius 2 is 1.80 bits per heavy atom. The van der Waals surface area contributed by atoms with E-state index in [4.69, 9.17) is 0 Å². The second-order valence-corrected chi connectivity index (χ2v) is 4.67. The van der Waals surface area contributed by atoms with E-state index in [1.165, 1.54) is 16.8 Å². The number of allylic oxidation sites excluding steroid dienone is 3. The van der Waals surface area contributed by atoms with Gasteiger partial charge in [-0.15, -0.1) is 6.58 Å². The maximum atomic E-state index is 4.48. The van der Waals surface area contributed by atoms with E-state index in [1.54, 1.807) is 0 Å². The average Bonchev–Trinajstić information content (AvgIpc) is 2.11. The van der Waals surface area contributed by atoms with E-state index in [2.05, 4.69) is 46.2 Å². The Morgan fingerprint density at radius 1 is 1.27 bits per heavy atom. The van der Waals surface area contributed by atoms with Crippen molar-refractivity contribution in [1.82, 2.24) is 0 Å². The number of nitrogens with zero attached hydrogens (tertiary/aromatic N) is 1. The van der Waals surface area contributed by atoms with Crippen LogP contribution in [0.5, 0.6) is 0 Å². The molecule has 0 saturated heterocycles. The van der Waals surface area contributed by atoms with E-state index in [0.29, 0.717) is 11.8 Å². The molecule has 0 N–H and O–H groups in total. The molecule has 0 saturated carbocycles. The van der Waals surface area contributed by atoms with Gasteiger partial charge in [0, 0.05) is 11.9 Å². The highest BCUT2D eigenvalue weighted by Crippen LogP contribution is 2.25. The number of rotatable bonds is 5. The Labute approximate surface area is 95.0 Å². The summed E-state index contributed by atoms with van der Waals surface area (Å²) in [5.74, 6) is 1.04. The molecular weight excluding hydrogens is 182 g/mol. The summed E-state index contributed by atoms with van der Waals surface area (Å²) >= 11 is 0. The maximum Gasteiger partial charge on any atom is 0.0416 e. The largest absolute Gasteiger partial charge is 0.266 e. The van der Waals surface area contributed by atoms with E-state index in [9.17, 15) is 0 Å². The van der Waals surface area contributed by atoms with Crippen LogP contribution in [0.3, 0.4) is 0 Å². The molecule has 1 unspecified atom stereocenters. The van der Waals surface area contributed by atoms with Gasteiger partial charge >= 0.3 is 0 Å². The predicted molar refractivity (Wildman–Crippen MR) is 70.3 cm³/mol. The SMILES string of the molecule is C=C(C)CC(C)/C(C)=C(/N=CC)C(C)C. The molecule has 0 aromatic carbocycles. The van der Waals surface area contributed by atoms with Gasteiger partial charge < -0.3 is 0 Å². The van der Waals surface area contributed by atoms with Crippen LogP contribution >= 0.6 is 0 Å². The zero-order valence-electron chi connectivity index (χ0n) is 11.1. The average molecular weight is 207 g/mol. The first-order valence-corrected chi connectivity index (χ1v) is 5.73. The predicted octanol–water partition coefficient (Wildman–Crippen LogP) is 4.61. The lowest BCUT2D eigenvalue weighted by molar-refractivity contribution is 0.634. The normalized spacial score (nSPS) is 15.7. The molecule has 0 heterocycles. The molecule has 0 aromatic heterocycles. The topological polar surface area (TPSA) is 12.4 Å². The van der Waals surface area contributed by atoms with Gasteiger partial charge in [0.2, 0.25) is 0 Å². The lowest BCUT2D eigenvalue weighted by atomic mass is 9.91. The van der Waals surface area contributed by atoms with Crippen LogP contribution < -0.4 is 0 Å². The molecule has 0 aromatic rings. The molecule has 0 aliphatic rings. The molecule has 0 spiro atoms. The van der Waals surface area contributed by atoms with E-state index in [0.717, 1.165) is 6.42 Å². The lowest BCUT2D eigenvalue weighted by Crippen LogP contribution is -2.04. The third-order valence-electron chi connectivity index (χ3n) is 2.61. The zero-order chi connectivity index (χ0) is 12.0. The summed E-state index contributed by atoms with van der Waals surface area (Å²) in [5.41, 5.74) is 3.86. The number of hydrogen-bond acceptors (Lipinski definition) is 1. The lowest BCUT2D eigenvalue weighted by Gasteiger charge is -2.17. The summed E-state index contributed by atoms with van der Waals surface area (Å²) in [6.07, 6.45) is 2.94. The van der Waals surface area contributed by atoms with Crippen molar-refractivity contribution in [1.29, 1.82) is 0 Å². The standard InChI is InChI=1S/C14H25N/c1-8-15-14(11(4)5)13(7)12(6)9-10(2)3/h8,11-12H,2,9H2,1,3-7H3/b14-13+,15-8?. The molecule has 0 amide bonds. The van der Waals surface area contributed by atoms with Gasteiger partial charge in [-0.1, -0.05) is 26.3 Å². The molecule has 0 bridgehead atoms. The first-order chi connectivity index (χ1) is 6.90. The van der Waals surface area contributed by atoms with Gasteiger partial charge in [0.15, 0.2) is 0 Å². The van der Waals surface area contributed by atoms with Gasteiger partial charge in [0.05, 0.1) is 0 Å². The molecule has 0 aliphatic heterocycles. The van der Waals surface area contributed by atoms with Gasteiger partial charge in [-0.2, -0.15) is 0 Å². The minimum atomic E-state index is 0.494. The fraction of sp³-hybridized carbons (Fsp3) is 0.643. The molecule has 0 fully saturated rings. The molecule has 0 rings (SSSR count). The molecule has 86 valence electrons. The summed E-state index contributed by atoms with van der Waals surface area (Å²) in [5, 5.41) is 0. The molecule has 1 nitrogen and oxygen atoms in total. The molecule has 0 aliphatic carbocycles. The Kier molecular flexibility index (Phi) is 6.23. The van der Waals surface area contributed by atoms with Crippen LogP contribution in [0.1, 0.15) is 48.0 Å². The molecule has 0 radical (unpaired) electrons. The highest BCUT2D eigenvalue weighted by atomic mass is 14.7. The Bertz CT molecular complexity index is 269. The van der Waals surface area contributed by atoms with Gasteiger partial charge in [0.25, 0.3) is 0 Å². The Morgan fingerprint density at radius 3 is 2.13 bits per heavy atom. The summed E-state index contributed by atoms with van der Waals surface area (Å²) < 4.78 is 0. The van der Waals surface area contributed by atoms with Crippen molar-refractivity contribution < 1.29 is 0 Å². The highest BCUT2D eigenvalue weighted by Gasteiger charge is 2.12. The third kappa shape index (κ3) is 4.96. The second kappa shape index (κ2) is 6.60. The highest BCUT2D eigenvalue weighted by molar-refractivity contribution is 5.55. The Hall–Kier alpha value is -0.850. The first-order valence-electron chi connectivity index (χ1n) is 5.73. The van der Waals surface area contributed by atoms with Crippen LogP contribution in [-0.2, 0) is 0 Å². The van der Waals surface area contributed by atoms with Crippen LogP contribution in [0.2, 0.25) is 0 Å². The zero-order valence-corrected chi connectivity index (χ0v) is 11.1. The van der Waals surface area contributed by atoms with Crippen LogP contribution in [-0.4, -0.2) is 6.21 Å². The fourth-order valence-electron chi connectivity index (χ4n) is 1.77. The quantitative estimate of drug-likeness (QED) is 0.461. The van der Waals surface area contributed by atoms with E-state index in [1.807, 2.05) is 13.1 Å². The Balaban J connectivity index is 4.91. The number of hydrogen-bond donors (Lipinski definition) is 0. The van der Waals surface area contributed by atoms with Crippen molar-refractivity contribution in [2.45, 2.75) is 48.0 Å². The minimum absolute atomic E-state index is 0.494. The second-order valence-electron chi connectivity index (χ2n) is 4.67. The van der Waals surface area contributed by atoms with Gasteiger partial charge in [-0.3, -0.25) is 4.99 Å². The van der Waals surface area contributed by atoms with Crippen molar-refractivity contribution in [3.05, 3.63) is 23.4 Å². The summed E-state index contributed by atoms with van der Waals surface area (Å²) in [6.45, 7) is 16.8. The third-order valence-corrected chi connectivity index (χ3v) is 2.61. The van der Waals surface area contributed by atoms with Crippen molar-refractivity contribution >= 4 is 6.21 Å². The van der Waals surface area contributed by atoms with Gasteiger partial charge in [-0.05, 0) is 44.6 Å². The van der Waals surface area contributed by atoms with Crippen LogP contribution in [0.25, 0.3) is 0 Å². The molecular formula is C14H25N. The smallest absolute Gasteiger partial charge is 0.0416 e. The van der Waals surface area contributed by atoms with Crippen LogP contribution in [0, 0.1) is 11.8 Å². The minimum Gasteiger partial charge on any atom is -0.266 e. The summed E-state index contributed by atoms with van der Waals surface area (Å²) in [6, 6.07) is 0. The molecule has 15 heavy (non-hydrogen) atoms. The summed E-state index contributed by atoms with van der Waals surface area (Å²) in [7, 11) is 0. The van der Waals surface area contributed by atoms with Crippen molar-refractivity contribution in [2.24, 2.45) is 16.8 Å². The van der Waals surface area contributed by atoms with Gasteiger partial charge in [0.1, 0.15) is 0 Å². The van der Waals surface area contributed by atoms with E-state index < -0.39 is 0 Å². The van der Waals surface area contributed by atoms with E-state index >= 15 is 0 Å². The maximum absolute atomic E-state index is 4.48.